The molecule has 0 aromatic carbocycles. The molecular formula is C10H13N3. The van der Waals surface area contributed by atoms with Gasteiger partial charge in [0.1, 0.15) is 11.5 Å². The molecule has 0 amide bonds. The molecule has 0 saturated heterocycles. The molecule has 0 aliphatic carbocycles. The molecule has 1 heterocycles. The molecule has 0 bridgehead atoms. The number of nitrogens with zero attached hydrogens (tertiary/aromatic N) is 1. The Morgan fingerprint density at radius 1 is 1.62 bits per heavy atom. The second kappa shape index (κ2) is 6.86. The first-order chi connectivity index (χ1) is 6.36. The van der Waals surface area contributed by atoms with Crippen molar-refractivity contribution < 1.29 is 0 Å². The van der Waals surface area contributed by atoms with Crippen molar-refractivity contribution in [2.75, 3.05) is 0 Å². The third-order valence-corrected chi connectivity index (χ3v) is 1.10. The summed E-state index contributed by atoms with van der Waals surface area (Å²) in [7, 11) is 0. The van der Waals surface area contributed by atoms with Gasteiger partial charge in [-0.15, -0.1) is 6.42 Å². The molecule has 1 aromatic heterocycles. The van der Waals surface area contributed by atoms with Gasteiger partial charge in [-0.2, -0.15) is 0 Å². The Kier molecular flexibility index (Phi) is 5.90. The molecule has 0 aliphatic heterocycles. The van der Waals surface area contributed by atoms with Crippen LogP contribution < -0.4 is 0 Å². The van der Waals surface area contributed by atoms with Crippen LogP contribution in [-0.4, -0.2) is 16.2 Å². The van der Waals surface area contributed by atoms with Crippen molar-refractivity contribution in [1.82, 2.24) is 9.97 Å². The maximum atomic E-state index is 6.71. The van der Waals surface area contributed by atoms with Crippen molar-refractivity contribution >= 4 is 12.3 Å². The number of H-pyrrole nitrogens is 1. The SMILES string of the molecule is C#Cc1cnc(/C=C\C=N)[nH]1.CC. The van der Waals surface area contributed by atoms with E-state index in [0.717, 1.165) is 0 Å². The number of rotatable bonds is 2. The Labute approximate surface area is 78.4 Å². The number of aromatic nitrogens is 2. The number of imidazole rings is 1. The molecule has 0 saturated carbocycles. The van der Waals surface area contributed by atoms with Gasteiger partial charge in [0.05, 0.1) is 6.20 Å². The summed E-state index contributed by atoms with van der Waals surface area (Å²) >= 11 is 0. The molecule has 2 N–H and O–H groups in total. The zero-order valence-corrected chi connectivity index (χ0v) is 7.83. The van der Waals surface area contributed by atoms with E-state index in [1.165, 1.54) is 6.21 Å². The molecule has 0 radical (unpaired) electrons. The van der Waals surface area contributed by atoms with Gasteiger partial charge >= 0.3 is 0 Å². The van der Waals surface area contributed by atoms with Crippen LogP contribution in [0.15, 0.2) is 12.3 Å². The molecule has 68 valence electrons. The van der Waals surface area contributed by atoms with Crippen LogP contribution in [0.5, 0.6) is 0 Å². The van der Waals surface area contributed by atoms with Crippen LogP contribution in [0.2, 0.25) is 0 Å². The molecule has 0 unspecified atom stereocenters. The van der Waals surface area contributed by atoms with Crippen molar-refractivity contribution in [2.45, 2.75) is 13.8 Å². The van der Waals surface area contributed by atoms with Gasteiger partial charge in [0, 0.05) is 6.21 Å². The maximum Gasteiger partial charge on any atom is 0.130 e. The summed E-state index contributed by atoms with van der Waals surface area (Å²) in [5.41, 5.74) is 0.648. The monoisotopic (exact) mass is 175 g/mol. The highest BCUT2D eigenvalue weighted by Crippen LogP contribution is 1.96. The molecule has 0 spiro atoms. The van der Waals surface area contributed by atoms with Crippen molar-refractivity contribution in [3.63, 3.8) is 0 Å². The maximum absolute atomic E-state index is 6.71. The summed E-state index contributed by atoms with van der Waals surface area (Å²) in [6.45, 7) is 4.00. The Morgan fingerprint density at radius 2 is 2.31 bits per heavy atom. The molecular weight excluding hydrogens is 162 g/mol. The standard InChI is InChI=1S/C8H7N3.C2H6/c1-2-7-6-10-8(11-7)4-3-5-9;1-2/h1,3-6,9H,(H,10,11);1-2H3/b4-3-,9-5?;. The van der Waals surface area contributed by atoms with Gasteiger partial charge in [0.15, 0.2) is 0 Å². The molecule has 1 rings (SSSR count). The summed E-state index contributed by atoms with van der Waals surface area (Å²) in [5, 5.41) is 6.71. The number of terminal acetylenes is 1. The topological polar surface area (TPSA) is 52.5 Å². The molecule has 0 fully saturated rings. The van der Waals surface area contributed by atoms with Crippen LogP contribution in [0, 0.1) is 17.8 Å². The highest BCUT2D eigenvalue weighted by Gasteiger charge is 1.90. The third kappa shape index (κ3) is 3.92. The second-order valence-electron chi connectivity index (χ2n) is 1.85. The van der Waals surface area contributed by atoms with Gasteiger partial charge < -0.3 is 10.4 Å². The number of hydrogen-bond donors (Lipinski definition) is 2. The smallest absolute Gasteiger partial charge is 0.130 e. The van der Waals surface area contributed by atoms with Crippen molar-refractivity contribution in [2.24, 2.45) is 0 Å². The molecule has 0 atom stereocenters. The summed E-state index contributed by atoms with van der Waals surface area (Å²) < 4.78 is 0. The van der Waals surface area contributed by atoms with Crippen molar-refractivity contribution in [3.05, 3.63) is 23.8 Å². The molecule has 3 nitrogen and oxygen atoms in total. The number of hydrogen-bond acceptors (Lipinski definition) is 2. The minimum Gasteiger partial charge on any atom is -0.332 e. The van der Waals surface area contributed by atoms with Crippen molar-refractivity contribution in [3.8, 4) is 12.3 Å². The van der Waals surface area contributed by atoms with Gasteiger partial charge in [-0.1, -0.05) is 19.8 Å². The van der Waals surface area contributed by atoms with Crippen LogP contribution in [0.1, 0.15) is 25.4 Å². The molecule has 0 aliphatic rings. The Balaban J connectivity index is 0.000000671. The summed E-state index contributed by atoms with van der Waals surface area (Å²) in [5.74, 6) is 3.08. The summed E-state index contributed by atoms with van der Waals surface area (Å²) in [6.07, 6.45) is 11.1. The van der Waals surface area contributed by atoms with E-state index in [2.05, 4.69) is 15.9 Å². The van der Waals surface area contributed by atoms with Crippen LogP contribution in [0.3, 0.4) is 0 Å². The fourth-order valence-corrected chi connectivity index (χ4v) is 0.634. The Hall–Kier alpha value is -1.82. The highest BCUT2D eigenvalue weighted by molar-refractivity contribution is 5.74. The third-order valence-electron chi connectivity index (χ3n) is 1.10. The lowest BCUT2D eigenvalue weighted by atomic mass is 10.5. The number of allylic oxidation sites excluding steroid dienone is 1. The normalized spacial score (nSPS) is 8.69. The molecule has 13 heavy (non-hydrogen) atoms. The van der Waals surface area contributed by atoms with E-state index in [9.17, 15) is 0 Å². The molecule has 3 heteroatoms. The lowest BCUT2D eigenvalue weighted by Gasteiger charge is -1.79. The zero-order valence-electron chi connectivity index (χ0n) is 7.83. The average Bonchev–Trinajstić information content (AvgIpc) is 2.65. The van der Waals surface area contributed by atoms with Gasteiger partial charge in [0.25, 0.3) is 0 Å². The van der Waals surface area contributed by atoms with E-state index in [0.29, 0.717) is 11.5 Å². The fourth-order valence-electron chi connectivity index (χ4n) is 0.634. The zero-order chi connectivity index (χ0) is 10.1. The van der Waals surface area contributed by atoms with Crippen LogP contribution in [0.4, 0.5) is 0 Å². The van der Waals surface area contributed by atoms with Crippen LogP contribution >= 0.6 is 0 Å². The first kappa shape index (κ1) is 11.2. The van der Waals surface area contributed by atoms with E-state index in [4.69, 9.17) is 11.8 Å². The summed E-state index contributed by atoms with van der Waals surface area (Å²) in [4.78, 5) is 6.80. The van der Waals surface area contributed by atoms with Crippen LogP contribution in [0.25, 0.3) is 6.08 Å². The van der Waals surface area contributed by atoms with Gasteiger partial charge in [-0.3, -0.25) is 0 Å². The van der Waals surface area contributed by atoms with E-state index < -0.39 is 0 Å². The van der Waals surface area contributed by atoms with E-state index in [-0.39, 0.29) is 0 Å². The lowest BCUT2D eigenvalue weighted by Crippen LogP contribution is -1.74. The first-order valence-corrected chi connectivity index (χ1v) is 4.05. The minimum atomic E-state index is 0.648. The van der Waals surface area contributed by atoms with Crippen LogP contribution in [-0.2, 0) is 0 Å². The number of aromatic amines is 1. The lowest BCUT2D eigenvalue weighted by molar-refractivity contribution is 1.26. The second-order valence-corrected chi connectivity index (χ2v) is 1.85. The number of nitrogens with one attached hydrogen (secondary N) is 2. The highest BCUT2D eigenvalue weighted by atomic mass is 14.9. The van der Waals surface area contributed by atoms with Gasteiger partial charge in [-0.25, -0.2) is 4.98 Å². The average molecular weight is 175 g/mol. The summed E-state index contributed by atoms with van der Waals surface area (Å²) in [6, 6.07) is 0. The predicted molar refractivity (Wildman–Crippen MR) is 55.7 cm³/mol. The fraction of sp³-hybridized carbons (Fsp3) is 0.200. The van der Waals surface area contributed by atoms with Crippen molar-refractivity contribution in [1.29, 1.82) is 5.41 Å². The van der Waals surface area contributed by atoms with E-state index >= 15 is 0 Å². The predicted octanol–water partition coefficient (Wildman–Crippen LogP) is 2.08. The quantitative estimate of drug-likeness (QED) is 0.524. The van der Waals surface area contributed by atoms with E-state index in [1.54, 1.807) is 18.3 Å². The first-order valence-electron chi connectivity index (χ1n) is 4.05. The minimum absolute atomic E-state index is 0.648. The Bertz CT molecular complexity index is 315. The van der Waals surface area contributed by atoms with Gasteiger partial charge in [0.2, 0.25) is 0 Å². The molecule has 1 aromatic rings. The van der Waals surface area contributed by atoms with Gasteiger partial charge in [-0.05, 0) is 12.2 Å². The Morgan fingerprint density at radius 3 is 2.77 bits per heavy atom. The van der Waals surface area contributed by atoms with E-state index in [1.807, 2.05) is 13.8 Å². The largest absolute Gasteiger partial charge is 0.332 e.